The van der Waals surface area contributed by atoms with Crippen LogP contribution >= 0.6 is 11.3 Å². The Kier molecular flexibility index (Phi) is 3.88. The molecule has 0 spiro atoms. The fourth-order valence-corrected chi connectivity index (χ4v) is 3.53. The zero-order valence-corrected chi connectivity index (χ0v) is 12.3. The van der Waals surface area contributed by atoms with Gasteiger partial charge >= 0.3 is 0 Å². The third kappa shape index (κ3) is 3.31. The predicted octanol–water partition coefficient (Wildman–Crippen LogP) is 1.82. The monoisotopic (exact) mass is 297 g/mol. The van der Waals surface area contributed by atoms with Crippen LogP contribution in [0.15, 0.2) is 28.5 Å². The molecule has 0 aliphatic carbocycles. The number of nitrogens with one attached hydrogen (secondary N) is 1. The van der Waals surface area contributed by atoms with Gasteiger partial charge in [-0.1, -0.05) is 6.07 Å². The highest BCUT2D eigenvalue weighted by atomic mass is 32.2. The Labute approximate surface area is 116 Å². The number of sulfonamides is 1. The third-order valence-corrected chi connectivity index (χ3v) is 4.98. The van der Waals surface area contributed by atoms with Crippen LogP contribution in [0.4, 0.5) is 5.69 Å². The maximum absolute atomic E-state index is 12.2. The Morgan fingerprint density at radius 1 is 1.37 bits per heavy atom. The third-order valence-electron chi connectivity index (χ3n) is 2.61. The molecule has 0 unspecified atom stereocenters. The second kappa shape index (κ2) is 5.28. The van der Waals surface area contributed by atoms with Crippen LogP contribution in [0, 0.1) is 13.8 Å². The average molecular weight is 297 g/mol. The van der Waals surface area contributed by atoms with Gasteiger partial charge in [0.05, 0.1) is 22.1 Å². The number of hydrogen-bond donors (Lipinski definition) is 2. The summed E-state index contributed by atoms with van der Waals surface area (Å²) in [6.07, 6.45) is 0. The topological polar surface area (TPSA) is 85.1 Å². The molecular formula is C12H15N3O2S2. The Hall–Kier alpha value is -1.44. The zero-order valence-electron chi connectivity index (χ0n) is 10.7. The van der Waals surface area contributed by atoms with Crippen LogP contribution in [-0.2, 0) is 16.6 Å². The molecule has 0 saturated carbocycles. The summed E-state index contributed by atoms with van der Waals surface area (Å²) in [5.74, 6) is 0. The normalized spacial score (nSPS) is 11.7. The molecule has 0 saturated heterocycles. The van der Waals surface area contributed by atoms with Crippen LogP contribution in [0.5, 0.6) is 0 Å². The lowest BCUT2D eigenvalue weighted by Crippen LogP contribution is -2.24. The van der Waals surface area contributed by atoms with E-state index in [9.17, 15) is 8.42 Å². The van der Waals surface area contributed by atoms with Gasteiger partial charge < -0.3 is 5.73 Å². The SMILES string of the molecule is Cc1nc(CNS(=O)(=O)c2cc(N)ccc2C)cs1. The van der Waals surface area contributed by atoms with E-state index in [1.165, 1.54) is 17.4 Å². The van der Waals surface area contributed by atoms with Gasteiger partial charge in [0.1, 0.15) is 0 Å². The lowest BCUT2D eigenvalue weighted by atomic mass is 10.2. The molecule has 7 heteroatoms. The molecule has 1 aromatic heterocycles. The minimum atomic E-state index is -3.57. The van der Waals surface area contributed by atoms with Crippen LogP contribution in [0.3, 0.4) is 0 Å². The van der Waals surface area contributed by atoms with Crippen LogP contribution in [0.2, 0.25) is 0 Å². The number of aryl methyl sites for hydroxylation is 2. The molecule has 102 valence electrons. The Morgan fingerprint density at radius 3 is 2.74 bits per heavy atom. The quantitative estimate of drug-likeness (QED) is 0.843. The van der Waals surface area contributed by atoms with E-state index in [4.69, 9.17) is 5.73 Å². The molecule has 2 aromatic rings. The summed E-state index contributed by atoms with van der Waals surface area (Å²) >= 11 is 1.49. The summed E-state index contributed by atoms with van der Waals surface area (Å²) in [7, 11) is -3.57. The van der Waals surface area contributed by atoms with Gasteiger partial charge in [0.2, 0.25) is 10.0 Å². The molecule has 19 heavy (non-hydrogen) atoms. The van der Waals surface area contributed by atoms with Crippen molar-refractivity contribution in [3.8, 4) is 0 Å². The summed E-state index contributed by atoms with van der Waals surface area (Å²) in [5.41, 5.74) is 7.44. The lowest BCUT2D eigenvalue weighted by molar-refractivity contribution is 0.580. The molecule has 1 aromatic carbocycles. The first kappa shape index (κ1) is 14.0. The van der Waals surface area contributed by atoms with Gasteiger partial charge in [-0.05, 0) is 31.5 Å². The molecule has 0 bridgehead atoms. The maximum atomic E-state index is 12.2. The number of rotatable bonds is 4. The van der Waals surface area contributed by atoms with Crippen LogP contribution in [0.1, 0.15) is 16.3 Å². The molecule has 0 aliphatic rings. The number of anilines is 1. The number of nitrogen functional groups attached to an aromatic ring is 1. The fourth-order valence-electron chi connectivity index (χ4n) is 1.64. The second-order valence-electron chi connectivity index (χ2n) is 4.21. The van der Waals surface area contributed by atoms with Gasteiger partial charge in [0, 0.05) is 11.1 Å². The van der Waals surface area contributed by atoms with Crippen molar-refractivity contribution >= 4 is 27.0 Å². The largest absolute Gasteiger partial charge is 0.399 e. The number of thiazole rings is 1. The van der Waals surface area contributed by atoms with Gasteiger partial charge in [0.15, 0.2) is 0 Å². The van der Waals surface area contributed by atoms with Crippen molar-refractivity contribution in [3.63, 3.8) is 0 Å². The van der Waals surface area contributed by atoms with E-state index in [0.717, 1.165) is 5.01 Å². The van der Waals surface area contributed by atoms with Crippen molar-refractivity contribution in [2.75, 3.05) is 5.73 Å². The van der Waals surface area contributed by atoms with E-state index >= 15 is 0 Å². The Morgan fingerprint density at radius 2 is 2.11 bits per heavy atom. The summed E-state index contributed by atoms with van der Waals surface area (Å²) < 4.78 is 26.9. The molecule has 3 N–H and O–H groups in total. The van der Waals surface area contributed by atoms with Gasteiger partial charge in [-0.15, -0.1) is 11.3 Å². The first-order chi connectivity index (χ1) is 8.88. The van der Waals surface area contributed by atoms with Crippen molar-refractivity contribution < 1.29 is 8.42 Å². The van der Waals surface area contributed by atoms with Crippen molar-refractivity contribution in [1.29, 1.82) is 0 Å². The summed E-state index contributed by atoms with van der Waals surface area (Å²) in [6.45, 7) is 3.80. The second-order valence-corrected chi connectivity index (χ2v) is 7.00. The van der Waals surface area contributed by atoms with Crippen LogP contribution in [0.25, 0.3) is 0 Å². The summed E-state index contributed by atoms with van der Waals surface area (Å²) in [6, 6.07) is 4.83. The van der Waals surface area contributed by atoms with E-state index < -0.39 is 10.0 Å². The predicted molar refractivity (Wildman–Crippen MR) is 76.5 cm³/mol. The highest BCUT2D eigenvalue weighted by Gasteiger charge is 2.17. The van der Waals surface area contributed by atoms with Crippen molar-refractivity contribution in [3.05, 3.63) is 39.8 Å². The summed E-state index contributed by atoms with van der Waals surface area (Å²) in [4.78, 5) is 4.42. The minimum Gasteiger partial charge on any atom is -0.399 e. The van der Waals surface area contributed by atoms with Crippen molar-refractivity contribution in [2.45, 2.75) is 25.3 Å². The van der Waals surface area contributed by atoms with E-state index in [-0.39, 0.29) is 11.4 Å². The highest BCUT2D eigenvalue weighted by Crippen LogP contribution is 2.18. The van der Waals surface area contributed by atoms with Gasteiger partial charge in [-0.2, -0.15) is 0 Å². The van der Waals surface area contributed by atoms with Crippen LogP contribution in [-0.4, -0.2) is 13.4 Å². The van der Waals surface area contributed by atoms with Crippen LogP contribution < -0.4 is 10.5 Å². The molecule has 0 fully saturated rings. The molecule has 0 radical (unpaired) electrons. The molecular weight excluding hydrogens is 282 g/mol. The van der Waals surface area contributed by atoms with Gasteiger partial charge in [0.25, 0.3) is 0 Å². The van der Waals surface area contributed by atoms with Gasteiger partial charge in [-0.3, -0.25) is 0 Å². The first-order valence-electron chi connectivity index (χ1n) is 5.65. The van der Waals surface area contributed by atoms with E-state index in [1.54, 1.807) is 19.1 Å². The molecule has 0 amide bonds. The number of benzene rings is 1. The lowest BCUT2D eigenvalue weighted by Gasteiger charge is -2.09. The molecule has 0 aliphatic heterocycles. The zero-order chi connectivity index (χ0) is 14.0. The first-order valence-corrected chi connectivity index (χ1v) is 8.01. The summed E-state index contributed by atoms with van der Waals surface area (Å²) in [5, 5.41) is 2.75. The molecule has 5 nitrogen and oxygen atoms in total. The number of nitrogens with zero attached hydrogens (tertiary/aromatic N) is 1. The maximum Gasteiger partial charge on any atom is 0.241 e. The number of hydrogen-bond acceptors (Lipinski definition) is 5. The fraction of sp³-hybridized carbons (Fsp3) is 0.250. The Bertz CT molecular complexity index is 693. The number of nitrogens with two attached hydrogens (primary N) is 1. The van der Waals surface area contributed by atoms with E-state index in [1.807, 2.05) is 12.3 Å². The van der Waals surface area contributed by atoms with Crippen molar-refractivity contribution in [2.24, 2.45) is 0 Å². The Balaban J connectivity index is 2.20. The molecule has 2 rings (SSSR count). The highest BCUT2D eigenvalue weighted by molar-refractivity contribution is 7.89. The standard InChI is InChI=1S/C12H15N3O2S2/c1-8-3-4-10(13)5-12(8)19(16,17)14-6-11-7-18-9(2)15-11/h3-5,7,14H,6,13H2,1-2H3. The average Bonchev–Trinajstić information content (AvgIpc) is 2.76. The van der Waals surface area contributed by atoms with Gasteiger partial charge in [-0.25, -0.2) is 18.1 Å². The molecule has 1 heterocycles. The van der Waals surface area contributed by atoms with E-state index in [0.29, 0.717) is 16.9 Å². The number of aromatic nitrogens is 1. The van der Waals surface area contributed by atoms with E-state index in [2.05, 4.69) is 9.71 Å². The smallest absolute Gasteiger partial charge is 0.241 e. The van der Waals surface area contributed by atoms with Crippen molar-refractivity contribution in [1.82, 2.24) is 9.71 Å². The molecule has 0 atom stereocenters. The minimum absolute atomic E-state index is 0.181.